The molecule has 0 aliphatic heterocycles. The SMILES string of the molecule is COc1ccc2cc(S(=O)(=O)c3ccccc3)c(=Nc3ccccc3Cl)oc2c1. The van der Waals surface area contributed by atoms with E-state index in [1.54, 1.807) is 73.8 Å². The molecular weight excluding hydrogens is 410 g/mol. The largest absolute Gasteiger partial charge is 0.497 e. The van der Waals surface area contributed by atoms with E-state index in [-0.39, 0.29) is 15.3 Å². The predicted molar refractivity (Wildman–Crippen MR) is 111 cm³/mol. The number of halogens is 1. The highest BCUT2D eigenvalue weighted by atomic mass is 35.5. The van der Waals surface area contributed by atoms with Crippen LogP contribution in [-0.2, 0) is 9.84 Å². The van der Waals surface area contributed by atoms with Gasteiger partial charge in [-0.3, -0.25) is 0 Å². The Bertz CT molecular complexity index is 1360. The molecule has 0 amide bonds. The summed E-state index contributed by atoms with van der Waals surface area (Å²) in [5.41, 5.74) is 0.801. The van der Waals surface area contributed by atoms with Crippen LogP contribution in [0, 0.1) is 0 Å². The van der Waals surface area contributed by atoms with Gasteiger partial charge in [0.25, 0.3) is 0 Å². The van der Waals surface area contributed by atoms with Crippen LogP contribution in [0.1, 0.15) is 0 Å². The molecule has 3 aromatic carbocycles. The van der Waals surface area contributed by atoms with Crippen molar-refractivity contribution in [2.24, 2.45) is 4.99 Å². The summed E-state index contributed by atoms with van der Waals surface area (Å²) in [4.78, 5) is 4.53. The average molecular weight is 426 g/mol. The zero-order valence-electron chi connectivity index (χ0n) is 15.4. The Hall–Kier alpha value is -3.09. The fourth-order valence-corrected chi connectivity index (χ4v) is 4.40. The molecule has 4 aromatic rings. The summed E-state index contributed by atoms with van der Waals surface area (Å²) < 4.78 is 37.8. The normalized spacial score (nSPS) is 12.3. The predicted octanol–water partition coefficient (Wildman–Crippen LogP) is 5.16. The molecule has 0 bridgehead atoms. The lowest BCUT2D eigenvalue weighted by Crippen LogP contribution is -2.15. The number of methoxy groups -OCH3 is 1. The second-order valence-electron chi connectivity index (χ2n) is 6.20. The third kappa shape index (κ3) is 3.77. The number of fused-ring (bicyclic) bond motifs is 1. The van der Waals surface area contributed by atoms with Gasteiger partial charge in [-0.25, -0.2) is 13.4 Å². The van der Waals surface area contributed by atoms with Crippen LogP contribution in [0.5, 0.6) is 5.75 Å². The number of rotatable bonds is 4. The van der Waals surface area contributed by atoms with E-state index in [0.717, 1.165) is 0 Å². The zero-order chi connectivity index (χ0) is 20.4. The van der Waals surface area contributed by atoms with Gasteiger partial charge in [0.2, 0.25) is 15.4 Å². The average Bonchev–Trinajstić information content (AvgIpc) is 2.75. The lowest BCUT2D eigenvalue weighted by atomic mass is 10.2. The van der Waals surface area contributed by atoms with Crippen molar-refractivity contribution < 1.29 is 17.6 Å². The van der Waals surface area contributed by atoms with E-state index >= 15 is 0 Å². The van der Waals surface area contributed by atoms with Crippen molar-refractivity contribution in [3.63, 3.8) is 0 Å². The molecule has 0 aliphatic carbocycles. The molecule has 1 aromatic heterocycles. The van der Waals surface area contributed by atoms with E-state index in [9.17, 15) is 8.42 Å². The summed E-state index contributed by atoms with van der Waals surface area (Å²) in [5.74, 6) is 0.587. The molecule has 0 unspecified atom stereocenters. The summed E-state index contributed by atoms with van der Waals surface area (Å²) >= 11 is 6.22. The molecule has 146 valence electrons. The number of hydrogen-bond donors (Lipinski definition) is 0. The van der Waals surface area contributed by atoms with Crippen molar-refractivity contribution in [2.75, 3.05) is 7.11 Å². The summed E-state index contributed by atoms with van der Waals surface area (Å²) in [6, 6.07) is 21.8. The van der Waals surface area contributed by atoms with Crippen molar-refractivity contribution in [1.82, 2.24) is 0 Å². The Labute approximate surface area is 172 Å². The second kappa shape index (κ2) is 7.73. The van der Waals surface area contributed by atoms with Crippen LogP contribution in [0.25, 0.3) is 11.0 Å². The molecule has 0 aliphatic rings. The maximum Gasteiger partial charge on any atom is 0.239 e. The number of para-hydroxylation sites is 1. The van der Waals surface area contributed by atoms with E-state index in [1.165, 1.54) is 12.1 Å². The summed E-state index contributed by atoms with van der Waals surface area (Å²) in [6.07, 6.45) is 0. The second-order valence-corrected chi connectivity index (χ2v) is 8.52. The molecule has 1 heterocycles. The minimum absolute atomic E-state index is 0.0405. The molecule has 5 nitrogen and oxygen atoms in total. The molecule has 0 spiro atoms. The molecule has 0 atom stereocenters. The first-order valence-corrected chi connectivity index (χ1v) is 10.6. The van der Waals surface area contributed by atoms with Crippen LogP contribution in [0.3, 0.4) is 0 Å². The van der Waals surface area contributed by atoms with Crippen molar-refractivity contribution >= 4 is 38.1 Å². The van der Waals surface area contributed by atoms with Gasteiger partial charge in [0, 0.05) is 11.5 Å². The fraction of sp³-hybridized carbons (Fsp3) is 0.0455. The molecule has 0 saturated heterocycles. The molecule has 0 saturated carbocycles. The van der Waals surface area contributed by atoms with Crippen LogP contribution in [0.4, 0.5) is 5.69 Å². The van der Waals surface area contributed by atoms with Gasteiger partial charge in [0.15, 0.2) is 0 Å². The first kappa shape index (κ1) is 19.2. The molecule has 0 N–H and O–H groups in total. The van der Waals surface area contributed by atoms with Crippen molar-refractivity contribution in [1.29, 1.82) is 0 Å². The lowest BCUT2D eigenvalue weighted by Gasteiger charge is -2.08. The maximum absolute atomic E-state index is 13.3. The zero-order valence-corrected chi connectivity index (χ0v) is 16.9. The number of hydrogen-bond acceptors (Lipinski definition) is 5. The number of benzene rings is 3. The van der Waals surface area contributed by atoms with E-state index in [4.69, 9.17) is 20.8 Å². The van der Waals surface area contributed by atoms with Crippen molar-refractivity contribution in [3.8, 4) is 5.75 Å². The molecule has 7 heteroatoms. The fourth-order valence-electron chi connectivity index (χ4n) is 2.86. The lowest BCUT2D eigenvalue weighted by molar-refractivity contribution is 0.413. The Morgan fingerprint density at radius 2 is 1.66 bits per heavy atom. The number of nitrogens with zero attached hydrogens (tertiary/aromatic N) is 1. The monoisotopic (exact) mass is 425 g/mol. The molecular formula is C22H16ClNO4S. The third-order valence-corrected chi connectivity index (χ3v) is 6.43. The Kier molecular flexibility index (Phi) is 5.13. The van der Waals surface area contributed by atoms with Gasteiger partial charge in [0.05, 0.1) is 22.7 Å². The molecule has 0 radical (unpaired) electrons. The van der Waals surface area contributed by atoms with Crippen LogP contribution < -0.4 is 10.3 Å². The Morgan fingerprint density at radius 3 is 2.38 bits per heavy atom. The summed E-state index contributed by atoms with van der Waals surface area (Å²) in [5, 5.41) is 0.995. The first-order valence-electron chi connectivity index (χ1n) is 8.70. The smallest absolute Gasteiger partial charge is 0.239 e. The quantitative estimate of drug-likeness (QED) is 0.453. The van der Waals surface area contributed by atoms with E-state index < -0.39 is 9.84 Å². The molecule has 29 heavy (non-hydrogen) atoms. The summed E-state index contributed by atoms with van der Waals surface area (Å²) in [7, 11) is -2.33. The highest BCUT2D eigenvalue weighted by Gasteiger charge is 2.22. The van der Waals surface area contributed by atoms with Gasteiger partial charge in [-0.05, 0) is 42.5 Å². The molecule has 4 rings (SSSR count). The highest BCUT2D eigenvalue weighted by molar-refractivity contribution is 7.91. The summed E-state index contributed by atoms with van der Waals surface area (Å²) in [6.45, 7) is 0. The van der Waals surface area contributed by atoms with Gasteiger partial charge in [-0.15, -0.1) is 0 Å². The minimum atomic E-state index is -3.87. The standard InChI is InChI=1S/C22H16ClNO4S/c1-27-16-12-11-15-13-21(29(25,26)17-7-3-2-4-8-17)22(28-20(15)14-16)24-19-10-6-5-9-18(19)23/h2-14H,1H3. The number of ether oxygens (including phenoxy) is 1. The number of sulfone groups is 1. The topological polar surface area (TPSA) is 68.9 Å². The van der Waals surface area contributed by atoms with Crippen molar-refractivity contribution in [3.05, 3.63) is 89.4 Å². The van der Waals surface area contributed by atoms with E-state index in [2.05, 4.69) is 4.99 Å². The van der Waals surface area contributed by atoms with Crippen LogP contribution >= 0.6 is 11.6 Å². The molecule has 0 fully saturated rings. The Balaban J connectivity index is 2.06. The van der Waals surface area contributed by atoms with E-state index in [0.29, 0.717) is 27.4 Å². The minimum Gasteiger partial charge on any atom is -0.497 e. The van der Waals surface area contributed by atoms with Crippen molar-refractivity contribution in [2.45, 2.75) is 9.79 Å². The van der Waals surface area contributed by atoms with Gasteiger partial charge >= 0.3 is 0 Å². The van der Waals surface area contributed by atoms with Gasteiger partial charge in [0.1, 0.15) is 16.2 Å². The van der Waals surface area contributed by atoms with Crippen LogP contribution in [-0.4, -0.2) is 15.5 Å². The van der Waals surface area contributed by atoms with Crippen LogP contribution in [0.2, 0.25) is 5.02 Å². The van der Waals surface area contributed by atoms with Crippen LogP contribution in [0.15, 0.2) is 98.1 Å². The first-order chi connectivity index (χ1) is 14.0. The van der Waals surface area contributed by atoms with Gasteiger partial charge in [-0.2, -0.15) is 0 Å². The van der Waals surface area contributed by atoms with Gasteiger partial charge < -0.3 is 9.15 Å². The van der Waals surface area contributed by atoms with Gasteiger partial charge in [-0.1, -0.05) is 41.9 Å². The van der Waals surface area contributed by atoms with E-state index in [1.807, 2.05) is 0 Å². The maximum atomic E-state index is 13.3. The highest BCUT2D eigenvalue weighted by Crippen LogP contribution is 2.27. The Morgan fingerprint density at radius 1 is 0.931 bits per heavy atom. The third-order valence-electron chi connectivity index (χ3n) is 4.34.